The van der Waals surface area contributed by atoms with E-state index in [2.05, 4.69) is 29.0 Å². The molecule has 0 aromatic heterocycles. The standard InChI is InChI=1S/C18H36N4O2/c1-5-7-20-8-6-16(13-20)11-19-17(23)21-9-10-22(15(2)12-21)14-18(3,4)24/h15-16,24H,5-14H2,1-4H3,(H,19,23). The van der Waals surface area contributed by atoms with Crippen LogP contribution in [0.1, 0.15) is 40.5 Å². The average Bonchev–Trinajstić information content (AvgIpc) is 2.93. The molecule has 2 amide bonds. The van der Waals surface area contributed by atoms with Gasteiger partial charge in [-0.25, -0.2) is 4.79 Å². The summed E-state index contributed by atoms with van der Waals surface area (Å²) in [6.07, 6.45) is 2.39. The Bertz CT molecular complexity index is 410. The molecule has 2 atom stereocenters. The molecule has 6 heteroatoms. The van der Waals surface area contributed by atoms with Gasteiger partial charge in [0.25, 0.3) is 0 Å². The van der Waals surface area contributed by atoms with E-state index in [1.54, 1.807) is 0 Å². The van der Waals surface area contributed by atoms with Crippen molar-refractivity contribution in [1.82, 2.24) is 20.0 Å². The fraction of sp³-hybridized carbons (Fsp3) is 0.944. The van der Waals surface area contributed by atoms with Crippen molar-refractivity contribution >= 4 is 6.03 Å². The number of nitrogens with one attached hydrogen (secondary N) is 1. The van der Waals surface area contributed by atoms with E-state index in [1.165, 1.54) is 25.9 Å². The number of rotatable bonds is 6. The van der Waals surface area contributed by atoms with Crippen LogP contribution in [-0.4, -0.2) is 89.8 Å². The lowest BCUT2D eigenvalue weighted by molar-refractivity contribution is 0.00289. The van der Waals surface area contributed by atoms with E-state index in [0.29, 0.717) is 12.5 Å². The number of urea groups is 1. The van der Waals surface area contributed by atoms with Crippen molar-refractivity contribution in [3.05, 3.63) is 0 Å². The summed E-state index contributed by atoms with van der Waals surface area (Å²) in [5, 5.41) is 13.1. The van der Waals surface area contributed by atoms with Crippen LogP contribution in [-0.2, 0) is 0 Å². The van der Waals surface area contributed by atoms with Crippen molar-refractivity contribution in [3.63, 3.8) is 0 Å². The van der Waals surface area contributed by atoms with Gasteiger partial charge in [-0.2, -0.15) is 0 Å². The molecule has 0 aliphatic carbocycles. The van der Waals surface area contributed by atoms with E-state index >= 15 is 0 Å². The van der Waals surface area contributed by atoms with Crippen molar-refractivity contribution < 1.29 is 9.90 Å². The Labute approximate surface area is 147 Å². The minimum absolute atomic E-state index is 0.0682. The van der Waals surface area contributed by atoms with Gasteiger partial charge in [-0.1, -0.05) is 6.92 Å². The number of piperazine rings is 1. The smallest absolute Gasteiger partial charge is 0.317 e. The molecule has 0 aromatic carbocycles. The predicted octanol–water partition coefficient (Wildman–Crippen LogP) is 1.20. The number of amides is 2. The Kier molecular flexibility index (Phi) is 6.89. The van der Waals surface area contributed by atoms with Crippen LogP contribution in [0.25, 0.3) is 0 Å². The summed E-state index contributed by atoms with van der Waals surface area (Å²) in [5.41, 5.74) is -0.689. The van der Waals surface area contributed by atoms with Crippen LogP contribution in [0.4, 0.5) is 4.79 Å². The SMILES string of the molecule is CCCN1CCC(CNC(=O)N2CCN(CC(C)(C)O)C(C)C2)C1. The van der Waals surface area contributed by atoms with E-state index < -0.39 is 5.60 Å². The zero-order chi connectivity index (χ0) is 17.7. The molecule has 2 aliphatic heterocycles. The molecule has 2 rings (SSSR count). The first kappa shape index (κ1) is 19.5. The Hall–Kier alpha value is -0.850. The molecule has 24 heavy (non-hydrogen) atoms. The van der Waals surface area contributed by atoms with Crippen LogP contribution < -0.4 is 5.32 Å². The lowest BCUT2D eigenvalue weighted by Crippen LogP contribution is -2.58. The first-order valence-electron chi connectivity index (χ1n) is 9.50. The van der Waals surface area contributed by atoms with E-state index in [1.807, 2.05) is 18.7 Å². The zero-order valence-corrected chi connectivity index (χ0v) is 15.9. The van der Waals surface area contributed by atoms with E-state index in [4.69, 9.17) is 0 Å². The average molecular weight is 341 g/mol. The van der Waals surface area contributed by atoms with Gasteiger partial charge in [0.15, 0.2) is 0 Å². The minimum Gasteiger partial charge on any atom is -0.389 e. The molecule has 2 saturated heterocycles. The second-order valence-corrected chi connectivity index (χ2v) is 8.22. The zero-order valence-electron chi connectivity index (χ0n) is 15.9. The number of carbonyl (C=O) groups excluding carboxylic acids is 1. The third-order valence-electron chi connectivity index (χ3n) is 5.09. The van der Waals surface area contributed by atoms with Crippen molar-refractivity contribution in [2.24, 2.45) is 5.92 Å². The third kappa shape index (κ3) is 5.90. The molecule has 2 N–H and O–H groups in total. The predicted molar refractivity (Wildman–Crippen MR) is 97.1 cm³/mol. The van der Waals surface area contributed by atoms with Gasteiger partial charge in [-0.15, -0.1) is 0 Å². The Balaban J connectivity index is 1.71. The second-order valence-electron chi connectivity index (χ2n) is 8.22. The van der Waals surface area contributed by atoms with Crippen LogP contribution >= 0.6 is 0 Å². The summed E-state index contributed by atoms with van der Waals surface area (Å²) < 4.78 is 0. The maximum atomic E-state index is 12.4. The number of nitrogens with zero attached hydrogens (tertiary/aromatic N) is 3. The quantitative estimate of drug-likeness (QED) is 0.763. The monoisotopic (exact) mass is 340 g/mol. The fourth-order valence-electron chi connectivity index (χ4n) is 3.85. The number of hydrogen-bond acceptors (Lipinski definition) is 4. The van der Waals surface area contributed by atoms with Gasteiger partial charge >= 0.3 is 6.03 Å². The van der Waals surface area contributed by atoms with Crippen molar-refractivity contribution in [2.75, 3.05) is 52.4 Å². The second kappa shape index (κ2) is 8.50. The molecule has 2 heterocycles. The molecule has 0 saturated carbocycles. The molecule has 140 valence electrons. The van der Waals surface area contributed by atoms with Crippen molar-refractivity contribution in [2.45, 2.75) is 52.2 Å². The molecule has 6 nitrogen and oxygen atoms in total. The first-order chi connectivity index (χ1) is 11.3. The summed E-state index contributed by atoms with van der Waals surface area (Å²) in [5.74, 6) is 0.592. The van der Waals surface area contributed by atoms with Gasteiger partial charge in [0.2, 0.25) is 0 Å². The highest BCUT2D eigenvalue weighted by Gasteiger charge is 2.30. The van der Waals surface area contributed by atoms with Gasteiger partial charge in [0.1, 0.15) is 0 Å². The number of likely N-dealkylation sites (tertiary alicyclic amines) is 1. The summed E-state index contributed by atoms with van der Waals surface area (Å²) in [6.45, 7) is 15.2. The molecule has 2 fully saturated rings. The van der Waals surface area contributed by atoms with Crippen molar-refractivity contribution in [1.29, 1.82) is 0 Å². The highest BCUT2D eigenvalue weighted by atomic mass is 16.3. The molecule has 2 aliphatic rings. The van der Waals surface area contributed by atoms with Gasteiger partial charge in [0.05, 0.1) is 5.60 Å². The third-order valence-corrected chi connectivity index (χ3v) is 5.09. The van der Waals surface area contributed by atoms with E-state index in [0.717, 1.165) is 32.7 Å². The summed E-state index contributed by atoms with van der Waals surface area (Å²) in [7, 11) is 0. The van der Waals surface area contributed by atoms with Gasteiger partial charge in [-0.05, 0) is 52.6 Å². The number of aliphatic hydroxyl groups is 1. The fourth-order valence-corrected chi connectivity index (χ4v) is 3.85. The molecule has 0 radical (unpaired) electrons. The van der Waals surface area contributed by atoms with Crippen LogP contribution in [0.15, 0.2) is 0 Å². The Morgan fingerprint density at radius 2 is 2.00 bits per heavy atom. The largest absolute Gasteiger partial charge is 0.389 e. The minimum atomic E-state index is -0.689. The lowest BCUT2D eigenvalue weighted by Gasteiger charge is -2.42. The maximum absolute atomic E-state index is 12.4. The lowest BCUT2D eigenvalue weighted by atomic mass is 10.1. The highest BCUT2D eigenvalue weighted by molar-refractivity contribution is 5.74. The summed E-state index contributed by atoms with van der Waals surface area (Å²) in [6, 6.07) is 0.348. The van der Waals surface area contributed by atoms with Crippen molar-refractivity contribution in [3.8, 4) is 0 Å². The van der Waals surface area contributed by atoms with E-state index in [9.17, 15) is 9.90 Å². The number of carbonyl (C=O) groups is 1. The van der Waals surface area contributed by atoms with Gasteiger partial charge in [0, 0.05) is 45.3 Å². The number of hydrogen-bond donors (Lipinski definition) is 2. The molecule has 0 aromatic rings. The molecule has 2 unspecified atom stereocenters. The van der Waals surface area contributed by atoms with Crippen LogP contribution in [0.5, 0.6) is 0 Å². The van der Waals surface area contributed by atoms with E-state index in [-0.39, 0.29) is 12.1 Å². The molecule has 0 spiro atoms. The molecular weight excluding hydrogens is 304 g/mol. The normalized spacial score (nSPS) is 26.8. The van der Waals surface area contributed by atoms with Crippen LogP contribution in [0.3, 0.4) is 0 Å². The number of β-amino-alcohol motifs (C(OH)–C–C–N with tert-alkyl or cyclic N) is 1. The van der Waals surface area contributed by atoms with Crippen LogP contribution in [0, 0.1) is 5.92 Å². The van der Waals surface area contributed by atoms with Crippen LogP contribution in [0.2, 0.25) is 0 Å². The summed E-state index contributed by atoms with van der Waals surface area (Å²) in [4.78, 5) is 19.1. The highest BCUT2D eigenvalue weighted by Crippen LogP contribution is 2.16. The maximum Gasteiger partial charge on any atom is 0.317 e. The topological polar surface area (TPSA) is 59.1 Å². The first-order valence-corrected chi connectivity index (χ1v) is 9.50. The van der Waals surface area contributed by atoms with Gasteiger partial charge < -0.3 is 20.2 Å². The molecule has 0 bridgehead atoms. The Morgan fingerprint density at radius 3 is 2.62 bits per heavy atom. The summed E-state index contributed by atoms with van der Waals surface area (Å²) >= 11 is 0. The van der Waals surface area contributed by atoms with Gasteiger partial charge in [-0.3, -0.25) is 4.90 Å². The molecular formula is C18H36N4O2. The Morgan fingerprint density at radius 1 is 1.25 bits per heavy atom.